The number of nitrogens with zero attached hydrogens (tertiary/aromatic N) is 1. The van der Waals surface area contributed by atoms with Gasteiger partial charge in [0.25, 0.3) is 0 Å². The van der Waals surface area contributed by atoms with Gasteiger partial charge in [-0.15, -0.1) is 0 Å². The second-order valence-electron chi connectivity index (χ2n) is 6.01. The summed E-state index contributed by atoms with van der Waals surface area (Å²) in [6.45, 7) is 5.54. The summed E-state index contributed by atoms with van der Waals surface area (Å²) < 4.78 is 23.4. The minimum Gasteiger partial charge on any atom is -0.465 e. The third-order valence-corrected chi connectivity index (χ3v) is 5.42. The van der Waals surface area contributed by atoms with E-state index in [0.717, 1.165) is 0 Å². The summed E-state index contributed by atoms with van der Waals surface area (Å²) >= 11 is 3.34. The molecule has 5 nitrogen and oxygen atoms in total. The fourth-order valence-corrected chi connectivity index (χ4v) is 4.17. The number of rotatable bonds is 2. The third-order valence-electron chi connectivity index (χ3n) is 3.86. The van der Waals surface area contributed by atoms with E-state index in [1.54, 1.807) is 24.3 Å². The number of amides is 1. The molecular formula is C14H16BrNO4S. The van der Waals surface area contributed by atoms with Gasteiger partial charge in [0.2, 0.25) is 10.3 Å². The van der Waals surface area contributed by atoms with Crippen LogP contribution in [0.4, 0.5) is 10.5 Å². The van der Waals surface area contributed by atoms with Crippen molar-refractivity contribution in [2.45, 2.75) is 32.7 Å². The zero-order valence-electron chi connectivity index (χ0n) is 11.9. The Morgan fingerprint density at radius 2 is 1.90 bits per heavy atom. The molecule has 0 spiro atoms. The Kier molecular flexibility index (Phi) is 3.92. The monoisotopic (exact) mass is 373 g/mol. The van der Waals surface area contributed by atoms with Crippen molar-refractivity contribution >= 4 is 42.9 Å². The maximum Gasteiger partial charge on any atom is 0.412 e. The van der Waals surface area contributed by atoms with E-state index in [-0.39, 0.29) is 11.3 Å². The van der Waals surface area contributed by atoms with Gasteiger partial charge in [-0.25, -0.2) is 4.79 Å². The lowest BCUT2D eigenvalue weighted by molar-refractivity contribution is 0.189. The predicted octanol–water partition coefficient (Wildman–Crippen LogP) is 3.17. The van der Waals surface area contributed by atoms with E-state index >= 15 is 0 Å². The lowest BCUT2D eigenvalue weighted by Gasteiger charge is -2.38. The summed E-state index contributed by atoms with van der Waals surface area (Å²) in [5.74, 6) is 0. The van der Waals surface area contributed by atoms with E-state index in [1.165, 1.54) is 4.90 Å². The molecular weight excluding hydrogens is 358 g/mol. The molecule has 0 heterocycles. The molecule has 1 aliphatic carbocycles. The number of carboxylic acid groups (broad SMARTS) is 1. The molecule has 1 unspecified atom stereocenters. The van der Waals surface area contributed by atoms with Gasteiger partial charge in [-0.05, 0) is 33.5 Å². The molecule has 1 aromatic rings. The lowest BCUT2D eigenvalue weighted by Crippen LogP contribution is -2.51. The lowest BCUT2D eigenvalue weighted by atomic mass is 9.82. The van der Waals surface area contributed by atoms with Crippen LogP contribution in [0, 0.1) is 5.41 Å². The van der Waals surface area contributed by atoms with Gasteiger partial charge in [0.05, 0.1) is 16.1 Å². The fraction of sp³-hybridized carbons (Fsp3) is 0.429. The van der Waals surface area contributed by atoms with Crippen LogP contribution in [-0.2, 0) is 10.3 Å². The average molecular weight is 374 g/mol. The number of anilines is 1. The largest absolute Gasteiger partial charge is 0.465 e. The molecule has 1 atom stereocenters. The summed E-state index contributed by atoms with van der Waals surface area (Å²) in [6.07, 6.45) is -0.947. The minimum absolute atomic E-state index is 0.222. The molecule has 21 heavy (non-hydrogen) atoms. The fourth-order valence-electron chi connectivity index (χ4n) is 2.71. The number of halogens is 1. The molecule has 0 aliphatic heterocycles. The first-order valence-corrected chi connectivity index (χ1v) is 8.23. The van der Waals surface area contributed by atoms with Crippen molar-refractivity contribution in [3.63, 3.8) is 0 Å². The summed E-state index contributed by atoms with van der Waals surface area (Å²) in [6, 6.07) is 6.90. The second kappa shape index (κ2) is 5.14. The van der Waals surface area contributed by atoms with E-state index in [4.69, 9.17) is 0 Å². The third kappa shape index (κ3) is 2.48. The predicted molar refractivity (Wildman–Crippen MR) is 85.4 cm³/mol. The summed E-state index contributed by atoms with van der Waals surface area (Å²) in [7, 11) is -2.39. The van der Waals surface area contributed by atoms with Crippen LogP contribution in [0.2, 0.25) is 0 Å². The average Bonchev–Trinajstić information content (AvgIpc) is 3.08. The molecule has 1 saturated carbocycles. The molecule has 1 fully saturated rings. The molecule has 114 valence electrons. The van der Waals surface area contributed by atoms with E-state index in [0.29, 0.717) is 10.2 Å². The van der Waals surface area contributed by atoms with Gasteiger partial charge in [0, 0.05) is 10.9 Å². The number of hydrogen-bond acceptors (Lipinski definition) is 3. The molecule has 7 heteroatoms. The van der Waals surface area contributed by atoms with Crippen molar-refractivity contribution in [1.82, 2.24) is 0 Å². The van der Waals surface area contributed by atoms with Gasteiger partial charge >= 0.3 is 6.09 Å². The van der Waals surface area contributed by atoms with Crippen LogP contribution >= 0.6 is 15.9 Å². The van der Waals surface area contributed by atoms with Crippen LogP contribution in [0.3, 0.4) is 0 Å². The highest BCUT2D eigenvalue weighted by Crippen LogP contribution is 2.53. The minimum atomic E-state index is -2.39. The number of para-hydroxylation sites is 1. The molecule has 2 rings (SSSR count). The highest BCUT2D eigenvalue weighted by Gasteiger charge is 2.65. The van der Waals surface area contributed by atoms with E-state index in [9.17, 15) is 18.3 Å². The Morgan fingerprint density at radius 1 is 1.33 bits per heavy atom. The van der Waals surface area contributed by atoms with Crippen LogP contribution in [0.5, 0.6) is 0 Å². The van der Waals surface area contributed by atoms with Crippen molar-refractivity contribution in [2.24, 2.45) is 5.41 Å². The van der Waals surface area contributed by atoms with Crippen molar-refractivity contribution in [1.29, 1.82) is 0 Å². The molecule has 0 bridgehead atoms. The molecule has 1 amide bonds. The summed E-state index contributed by atoms with van der Waals surface area (Å²) in [4.78, 5) is 13.2. The normalized spacial score (nSPS) is 21.0. The standard InChI is InChI=1S/C14H16BrNO4S/c1-13(2,3)14(8-11(14)21(19)20)16(12(17)18)10-7-5-4-6-9(10)15/h4-7H,8H2,1-3H3,(H,17,18). The van der Waals surface area contributed by atoms with Crippen LogP contribution in [-0.4, -0.2) is 30.0 Å². The first-order valence-electron chi connectivity index (χ1n) is 6.36. The van der Waals surface area contributed by atoms with Crippen molar-refractivity contribution in [3.8, 4) is 0 Å². The van der Waals surface area contributed by atoms with E-state index in [2.05, 4.69) is 15.9 Å². The maximum atomic E-state index is 11.8. The van der Waals surface area contributed by atoms with E-state index in [1.807, 2.05) is 20.8 Å². The van der Waals surface area contributed by atoms with Gasteiger partial charge in [-0.3, -0.25) is 4.90 Å². The maximum absolute atomic E-state index is 11.8. The zero-order valence-corrected chi connectivity index (χ0v) is 14.3. The number of hydrogen-bond donors (Lipinski definition) is 1. The molecule has 0 radical (unpaired) electrons. The quantitative estimate of drug-likeness (QED) is 0.807. The summed E-state index contributed by atoms with van der Waals surface area (Å²) in [5.41, 5.74) is -1.13. The first kappa shape index (κ1) is 16.0. The highest BCUT2D eigenvalue weighted by molar-refractivity contribution is 9.10. The molecule has 1 aliphatic rings. The van der Waals surface area contributed by atoms with Gasteiger partial charge in [-0.2, -0.15) is 8.42 Å². The molecule has 1 aromatic carbocycles. The Labute approximate surface area is 133 Å². The Balaban J connectivity index is 2.71. The Morgan fingerprint density at radius 3 is 2.29 bits per heavy atom. The smallest absolute Gasteiger partial charge is 0.412 e. The van der Waals surface area contributed by atoms with Crippen LogP contribution in [0.15, 0.2) is 28.7 Å². The molecule has 0 aromatic heterocycles. The molecule has 0 saturated heterocycles. The molecule has 1 N–H and O–H groups in total. The second-order valence-corrected chi connectivity index (χ2v) is 7.83. The highest BCUT2D eigenvalue weighted by atomic mass is 79.9. The van der Waals surface area contributed by atoms with Gasteiger partial charge in [0.1, 0.15) is 0 Å². The summed E-state index contributed by atoms with van der Waals surface area (Å²) in [5, 5.41) is 9.68. The SMILES string of the molecule is CC(C)(C)C1(N(C(=O)O)c2ccccc2Br)CC1=S(=O)=O. The van der Waals surface area contributed by atoms with Crippen LogP contribution in [0.25, 0.3) is 0 Å². The number of benzene rings is 1. The number of carbonyl (C=O) groups is 1. The Hall–Kier alpha value is -1.34. The van der Waals surface area contributed by atoms with Gasteiger partial charge < -0.3 is 5.11 Å². The van der Waals surface area contributed by atoms with Crippen molar-refractivity contribution < 1.29 is 18.3 Å². The topological polar surface area (TPSA) is 74.7 Å². The van der Waals surface area contributed by atoms with Gasteiger partial charge in [-0.1, -0.05) is 32.9 Å². The van der Waals surface area contributed by atoms with Gasteiger partial charge in [0.15, 0.2) is 0 Å². The van der Waals surface area contributed by atoms with Crippen LogP contribution in [0.1, 0.15) is 27.2 Å². The van der Waals surface area contributed by atoms with Crippen LogP contribution < -0.4 is 4.90 Å². The first-order chi connectivity index (χ1) is 9.63. The zero-order chi connectivity index (χ0) is 16.0. The van der Waals surface area contributed by atoms with Crippen molar-refractivity contribution in [2.75, 3.05) is 4.90 Å². The van der Waals surface area contributed by atoms with E-state index < -0.39 is 27.3 Å². The van der Waals surface area contributed by atoms with Crippen molar-refractivity contribution in [3.05, 3.63) is 28.7 Å². The Bertz CT molecular complexity index is 728.